The molecule has 0 aliphatic carbocycles. The number of nitrogens with zero attached hydrogens (tertiary/aromatic N) is 1. The summed E-state index contributed by atoms with van der Waals surface area (Å²) in [6, 6.07) is 18.4. The van der Waals surface area contributed by atoms with E-state index in [9.17, 15) is 5.11 Å². The van der Waals surface area contributed by atoms with Crippen LogP contribution in [0.5, 0.6) is 5.75 Å². The molecule has 5 nitrogen and oxygen atoms in total. The molecule has 2 N–H and O–H groups in total. The zero-order valence-electron chi connectivity index (χ0n) is 17.0. The number of rotatable bonds is 9. The maximum atomic E-state index is 10.5. The number of quaternary nitrogens is 1. The molecule has 1 saturated heterocycles. The van der Waals surface area contributed by atoms with E-state index in [1.54, 1.807) is 7.11 Å². The average molecular weight is 386 g/mol. The minimum absolute atomic E-state index is 0.0493. The number of piperazine rings is 1. The van der Waals surface area contributed by atoms with Crippen LogP contribution in [0.4, 0.5) is 5.69 Å². The van der Waals surface area contributed by atoms with E-state index < -0.39 is 6.10 Å². The minimum Gasteiger partial charge on any atom is -0.495 e. The van der Waals surface area contributed by atoms with Gasteiger partial charge < -0.3 is 24.4 Å². The topological polar surface area (TPSA) is 46.4 Å². The Morgan fingerprint density at radius 1 is 1.04 bits per heavy atom. The second-order valence-corrected chi connectivity index (χ2v) is 7.41. The summed E-state index contributed by atoms with van der Waals surface area (Å²) in [5.41, 5.74) is 2.33. The Kier molecular flexibility index (Phi) is 7.71. The van der Waals surface area contributed by atoms with Gasteiger partial charge in [-0.25, -0.2) is 0 Å². The Balaban J connectivity index is 1.44. The van der Waals surface area contributed by atoms with Gasteiger partial charge in [-0.15, -0.1) is 0 Å². The van der Waals surface area contributed by atoms with Crippen LogP contribution in [-0.4, -0.2) is 57.7 Å². The molecule has 0 radical (unpaired) electrons. The second kappa shape index (κ2) is 10.5. The molecule has 0 saturated carbocycles. The van der Waals surface area contributed by atoms with Crippen LogP contribution < -0.4 is 14.5 Å². The molecule has 28 heavy (non-hydrogen) atoms. The molecule has 2 aromatic carbocycles. The number of aliphatic hydroxyl groups excluding tert-OH is 1. The van der Waals surface area contributed by atoms with Crippen molar-refractivity contribution in [3.63, 3.8) is 0 Å². The molecule has 1 fully saturated rings. The summed E-state index contributed by atoms with van der Waals surface area (Å²) in [5.74, 6) is 0.922. The van der Waals surface area contributed by atoms with E-state index in [2.05, 4.69) is 36.1 Å². The molecular weight excluding hydrogens is 352 g/mol. The van der Waals surface area contributed by atoms with Gasteiger partial charge in [0.1, 0.15) is 18.4 Å². The summed E-state index contributed by atoms with van der Waals surface area (Å²) >= 11 is 0. The molecule has 2 aromatic rings. The third-order valence-electron chi connectivity index (χ3n) is 5.45. The van der Waals surface area contributed by atoms with Crippen molar-refractivity contribution in [2.45, 2.75) is 25.6 Å². The molecule has 0 aromatic heterocycles. The maximum absolute atomic E-state index is 10.5. The third kappa shape index (κ3) is 5.47. The quantitative estimate of drug-likeness (QED) is 0.693. The number of aliphatic hydroxyl groups is 1. The number of nitrogens with one attached hydrogen (secondary N) is 1. The van der Waals surface area contributed by atoms with Crippen LogP contribution in [0.15, 0.2) is 54.6 Å². The predicted molar refractivity (Wildman–Crippen MR) is 112 cm³/mol. The standard InChI is InChI=1S/C23H32N2O3/c1-3-22(19-9-5-4-6-10-19)28-18-20(26)17-24-13-15-25(16-14-24)21-11-7-8-12-23(21)27-2/h4-12,20,22,26H,3,13-18H2,1-2H3/p+1/t20-,22-/m1/s1. The smallest absolute Gasteiger partial charge is 0.142 e. The Bertz CT molecular complexity index is 702. The zero-order chi connectivity index (χ0) is 19.8. The summed E-state index contributed by atoms with van der Waals surface area (Å²) in [4.78, 5) is 3.79. The van der Waals surface area contributed by atoms with Crippen LogP contribution in [0.3, 0.4) is 0 Å². The van der Waals surface area contributed by atoms with Crippen molar-refractivity contribution in [3.8, 4) is 5.75 Å². The van der Waals surface area contributed by atoms with E-state index in [1.807, 2.05) is 30.3 Å². The summed E-state index contributed by atoms with van der Waals surface area (Å²) < 4.78 is 11.5. The van der Waals surface area contributed by atoms with Crippen molar-refractivity contribution in [3.05, 3.63) is 60.2 Å². The predicted octanol–water partition coefficient (Wildman–Crippen LogP) is 1.93. The molecule has 1 aliphatic heterocycles. The van der Waals surface area contributed by atoms with Crippen molar-refractivity contribution >= 4 is 5.69 Å². The highest BCUT2D eigenvalue weighted by molar-refractivity contribution is 5.58. The van der Waals surface area contributed by atoms with Crippen molar-refractivity contribution in [2.75, 3.05) is 51.3 Å². The van der Waals surface area contributed by atoms with Gasteiger partial charge in [0.05, 0.1) is 51.7 Å². The summed E-state index contributed by atoms with van der Waals surface area (Å²) in [5, 5.41) is 10.5. The van der Waals surface area contributed by atoms with Crippen LogP contribution in [0.2, 0.25) is 0 Å². The monoisotopic (exact) mass is 385 g/mol. The number of anilines is 1. The lowest BCUT2D eigenvalue weighted by molar-refractivity contribution is -0.903. The summed E-state index contributed by atoms with van der Waals surface area (Å²) in [7, 11) is 1.72. The number of ether oxygens (including phenoxy) is 2. The number of methoxy groups -OCH3 is 1. The summed E-state index contributed by atoms with van der Waals surface area (Å²) in [6.07, 6.45) is 0.514. The highest BCUT2D eigenvalue weighted by atomic mass is 16.5. The SMILES string of the molecule is CC[C@@H](OC[C@H](O)C[NH+]1CCN(c2ccccc2OC)CC1)c1ccccc1. The lowest BCUT2D eigenvalue weighted by Crippen LogP contribution is -3.16. The number of benzene rings is 2. The molecule has 152 valence electrons. The van der Waals surface area contributed by atoms with Gasteiger partial charge >= 0.3 is 0 Å². The van der Waals surface area contributed by atoms with Gasteiger partial charge in [0, 0.05) is 0 Å². The van der Waals surface area contributed by atoms with Gasteiger partial charge in [0.2, 0.25) is 0 Å². The molecule has 5 heteroatoms. The van der Waals surface area contributed by atoms with Crippen molar-refractivity contribution in [1.29, 1.82) is 0 Å². The number of hydrogen-bond acceptors (Lipinski definition) is 4. The zero-order valence-corrected chi connectivity index (χ0v) is 17.0. The van der Waals surface area contributed by atoms with Crippen molar-refractivity contribution < 1.29 is 19.5 Å². The molecule has 0 unspecified atom stereocenters. The largest absolute Gasteiger partial charge is 0.495 e. The first-order valence-electron chi connectivity index (χ1n) is 10.3. The van der Waals surface area contributed by atoms with Crippen LogP contribution in [0.1, 0.15) is 25.0 Å². The fraction of sp³-hybridized carbons (Fsp3) is 0.478. The Hall–Kier alpha value is -2.08. The molecule has 1 aliphatic rings. The number of para-hydroxylation sites is 2. The third-order valence-corrected chi connectivity index (χ3v) is 5.45. The fourth-order valence-electron chi connectivity index (χ4n) is 3.90. The lowest BCUT2D eigenvalue weighted by Gasteiger charge is -2.35. The highest BCUT2D eigenvalue weighted by Gasteiger charge is 2.24. The molecule has 2 atom stereocenters. The van der Waals surface area contributed by atoms with E-state index in [4.69, 9.17) is 9.47 Å². The Morgan fingerprint density at radius 2 is 1.71 bits per heavy atom. The minimum atomic E-state index is -0.439. The highest BCUT2D eigenvalue weighted by Crippen LogP contribution is 2.27. The molecule has 0 amide bonds. The maximum Gasteiger partial charge on any atom is 0.142 e. The Morgan fingerprint density at radius 3 is 2.39 bits per heavy atom. The van der Waals surface area contributed by atoms with E-state index in [0.29, 0.717) is 6.61 Å². The lowest BCUT2D eigenvalue weighted by atomic mass is 10.1. The molecule has 3 rings (SSSR count). The van der Waals surface area contributed by atoms with Gasteiger partial charge in [-0.2, -0.15) is 0 Å². The average Bonchev–Trinajstić information content (AvgIpc) is 2.75. The first-order valence-corrected chi connectivity index (χ1v) is 10.3. The first-order chi connectivity index (χ1) is 13.7. The summed E-state index contributed by atoms with van der Waals surface area (Å²) in [6.45, 7) is 7.16. The van der Waals surface area contributed by atoms with Crippen molar-refractivity contribution in [2.24, 2.45) is 0 Å². The van der Waals surface area contributed by atoms with Crippen LogP contribution in [-0.2, 0) is 4.74 Å². The first kappa shape index (κ1) is 20.6. The van der Waals surface area contributed by atoms with E-state index in [1.165, 1.54) is 10.5 Å². The van der Waals surface area contributed by atoms with Crippen LogP contribution >= 0.6 is 0 Å². The van der Waals surface area contributed by atoms with E-state index in [-0.39, 0.29) is 6.10 Å². The molecule has 0 bridgehead atoms. The second-order valence-electron chi connectivity index (χ2n) is 7.41. The van der Waals surface area contributed by atoms with Gasteiger partial charge in [-0.05, 0) is 24.1 Å². The Labute approximate surface area is 168 Å². The van der Waals surface area contributed by atoms with Crippen LogP contribution in [0, 0.1) is 0 Å². The van der Waals surface area contributed by atoms with E-state index in [0.717, 1.165) is 50.6 Å². The molecule has 1 heterocycles. The van der Waals surface area contributed by atoms with Crippen LogP contribution in [0.25, 0.3) is 0 Å². The molecule has 0 spiro atoms. The number of hydrogen-bond donors (Lipinski definition) is 2. The molecular formula is C23H33N2O3+. The van der Waals surface area contributed by atoms with Gasteiger partial charge in [-0.1, -0.05) is 49.4 Å². The van der Waals surface area contributed by atoms with E-state index >= 15 is 0 Å². The van der Waals surface area contributed by atoms with Crippen molar-refractivity contribution in [1.82, 2.24) is 0 Å². The fourth-order valence-corrected chi connectivity index (χ4v) is 3.90. The van der Waals surface area contributed by atoms with Gasteiger partial charge in [-0.3, -0.25) is 0 Å². The normalized spacial score (nSPS) is 17.3. The van der Waals surface area contributed by atoms with Gasteiger partial charge in [0.15, 0.2) is 0 Å². The van der Waals surface area contributed by atoms with Gasteiger partial charge in [0.25, 0.3) is 0 Å².